The quantitative estimate of drug-likeness (QED) is 0.103. The number of H-pyrrole nitrogens is 2. The number of aromatic nitrogens is 2. The van der Waals surface area contributed by atoms with E-state index in [0.29, 0.717) is 64.3 Å². The number of fused-ring (bicyclic) bond motifs is 2. The number of piperazine rings is 2. The predicted molar refractivity (Wildman–Crippen MR) is 268 cm³/mol. The summed E-state index contributed by atoms with van der Waals surface area (Å²) < 4.78 is 0. The van der Waals surface area contributed by atoms with Gasteiger partial charge in [0.25, 0.3) is 23.5 Å². The Bertz CT molecular complexity index is 2610. The van der Waals surface area contributed by atoms with E-state index in [1.165, 1.54) is 37.1 Å². The standard InChI is InChI=1S/C26H29ClN4O3S.C20H22ClN3OS.C4H9N/c1-16-13-31(17(2)12-30(16)14-18-5-8-35-15-18)25(33)20-9-19-21(11-28-23(19)10-22(20)27)24(32)26(34)29-6-3-4-7-29;1-13-10-24(14(2)9-23(13)11-15-4-6-26-12-15)20(25)17-7-16-3-5-22-19(16)8-18(17)21;1-2-4-5-3-1/h5,8-11,15-17,28H,3-4,6-7,12-14H2,1-2H3;3-8,12-14,22H,9-11H2,1-2H3;5H,1-4H2/t16-,17+;13-,14+;/m00./s1. The highest BCUT2D eigenvalue weighted by molar-refractivity contribution is 7.08. The summed E-state index contributed by atoms with van der Waals surface area (Å²) in [5.74, 6) is -1.18. The average molecular weight is 972 g/mol. The van der Waals surface area contributed by atoms with Crippen LogP contribution < -0.4 is 5.32 Å². The van der Waals surface area contributed by atoms with Crippen LogP contribution in [0.25, 0.3) is 21.8 Å². The van der Waals surface area contributed by atoms with Gasteiger partial charge >= 0.3 is 0 Å². The molecule has 16 heteroatoms. The summed E-state index contributed by atoms with van der Waals surface area (Å²) in [7, 11) is 0. The Morgan fingerprint density at radius 2 is 1.18 bits per heavy atom. The van der Waals surface area contributed by atoms with Crippen molar-refractivity contribution in [3.8, 4) is 0 Å². The van der Waals surface area contributed by atoms with Crippen LogP contribution in [0.5, 0.6) is 0 Å². The molecule has 4 atom stereocenters. The number of hydrogen-bond donors (Lipinski definition) is 3. The van der Waals surface area contributed by atoms with E-state index in [9.17, 15) is 19.2 Å². The lowest BCUT2D eigenvalue weighted by Crippen LogP contribution is -2.57. The van der Waals surface area contributed by atoms with Crippen molar-refractivity contribution in [3.05, 3.63) is 114 Å². The maximum atomic E-state index is 13.6. The number of benzene rings is 2. The van der Waals surface area contributed by atoms with Crippen molar-refractivity contribution in [3.63, 3.8) is 0 Å². The lowest BCUT2D eigenvalue weighted by atomic mass is 10.0. The highest BCUT2D eigenvalue weighted by atomic mass is 35.5. The van der Waals surface area contributed by atoms with E-state index in [1.54, 1.807) is 45.9 Å². The van der Waals surface area contributed by atoms with Crippen LogP contribution in [0.3, 0.4) is 0 Å². The zero-order chi connectivity index (χ0) is 46.5. The first kappa shape index (κ1) is 47.9. The summed E-state index contributed by atoms with van der Waals surface area (Å²) >= 11 is 16.4. The molecule has 12 nitrogen and oxygen atoms in total. The van der Waals surface area contributed by atoms with Crippen molar-refractivity contribution in [2.24, 2.45) is 0 Å². The molecule has 0 bridgehead atoms. The van der Waals surface area contributed by atoms with E-state index in [-0.39, 0.29) is 35.5 Å². The monoisotopic (exact) mass is 970 g/mol. The van der Waals surface area contributed by atoms with Crippen LogP contribution in [0, 0.1) is 0 Å². The van der Waals surface area contributed by atoms with E-state index in [2.05, 4.69) is 86.4 Å². The molecule has 0 radical (unpaired) electrons. The Morgan fingerprint density at radius 1 is 0.636 bits per heavy atom. The second-order valence-corrected chi connectivity index (χ2v) is 20.6. The maximum Gasteiger partial charge on any atom is 0.295 e. The molecule has 66 heavy (non-hydrogen) atoms. The molecular formula is C50H60Cl2N8O4S2. The van der Waals surface area contributed by atoms with Crippen LogP contribution in [-0.2, 0) is 17.9 Å². The Morgan fingerprint density at radius 3 is 1.70 bits per heavy atom. The van der Waals surface area contributed by atoms with Gasteiger partial charge in [0.15, 0.2) is 0 Å². The number of ketones is 1. The molecule has 0 aliphatic carbocycles. The normalized spacial score (nSPS) is 21.5. The second kappa shape index (κ2) is 21.6. The fourth-order valence-electron chi connectivity index (χ4n) is 9.48. The van der Waals surface area contributed by atoms with Crippen molar-refractivity contribution in [1.29, 1.82) is 0 Å². The molecule has 6 aromatic rings. The molecule has 4 aliphatic rings. The van der Waals surface area contributed by atoms with E-state index in [0.717, 1.165) is 49.9 Å². The third-order valence-corrected chi connectivity index (χ3v) is 15.4. The number of rotatable bonds is 8. The first-order valence-corrected chi connectivity index (χ1v) is 25.7. The Hall–Kier alpha value is -4.54. The van der Waals surface area contributed by atoms with Gasteiger partial charge in [-0.25, -0.2) is 0 Å². The summed E-state index contributed by atoms with van der Waals surface area (Å²) in [4.78, 5) is 69.0. The number of carbonyl (C=O) groups excluding carboxylic acids is 4. The fraction of sp³-hybridized carbons (Fsp3) is 0.440. The van der Waals surface area contributed by atoms with E-state index in [1.807, 2.05) is 34.2 Å². The molecule has 4 fully saturated rings. The van der Waals surface area contributed by atoms with Crippen LogP contribution in [0.2, 0.25) is 10.0 Å². The van der Waals surface area contributed by atoms with Gasteiger partial charge in [-0.05, 0) is 142 Å². The molecule has 10 rings (SSSR count). The van der Waals surface area contributed by atoms with E-state index >= 15 is 0 Å². The molecule has 3 amide bonds. The smallest absolute Gasteiger partial charge is 0.295 e. The molecule has 2 aromatic carbocycles. The summed E-state index contributed by atoms with van der Waals surface area (Å²) in [6.07, 6.45) is 8.01. The summed E-state index contributed by atoms with van der Waals surface area (Å²) in [6.45, 7) is 16.9. The summed E-state index contributed by atoms with van der Waals surface area (Å²) in [5, 5.41) is 14.2. The molecular weight excluding hydrogens is 912 g/mol. The van der Waals surface area contributed by atoms with Gasteiger partial charge in [-0.2, -0.15) is 22.7 Å². The van der Waals surface area contributed by atoms with E-state index < -0.39 is 11.7 Å². The Kier molecular flexibility index (Phi) is 15.7. The van der Waals surface area contributed by atoms with Crippen molar-refractivity contribution < 1.29 is 19.2 Å². The minimum atomic E-state index is -0.553. The van der Waals surface area contributed by atoms with Gasteiger partial charge in [0.2, 0.25) is 0 Å². The van der Waals surface area contributed by atoms with Gasteiger partial charge in [0.1, 0.15) is 0 Å². The number of carbonyl (C=O) groups is 4. The fourth-order valence-corrected chi connectivity index (χ4v) is 11.3. The third kappa shape index (κ3) is 10.9. The average Bonchev–Trinajstić information content (AvgIpc) is 4.16. The minimum absolute atomic E-state index is 0.00757. The molecule has 3 N–H and O–H groups in total. The zero-order valence-electron chi connectivity index (χ0n) is 38.2. The van der Waals surface area contributed by atoms with Gasteiger partial charge in [-0.3, -0.25) is 29.0 Å². The molecule has 4 aromatic heterocycles. The molecule has 0 unspecified atom stereocenters. The lowest BCUT2D eigenvalue weighted by molar-refractivity contribution is -0.125. The highest BCUT2D eigenvalue weighted by Crippen LogP contribution is 2.31. The largest absolute Gasteiger partial charge is 0.361 e. The van der Waals surface area contributed by atoms with Crippen LogP contribution in [-0.4, -0.2) is 134 Å². The van der Waals surface area contributed by atoms with E-state index in [4.69, 9.17) is 23.2 Å². The van der Waals surface area contributed by atoms with Gasteiger partial charge in [-0.1, -0.05) is 23.2 Å². The summed E-state index contributed by atoms with van der Waals surface area (Å²) in [6, 6.07) is 14.0. The molecule has 350 valence electrons. The maximum absolute atomic E-state index is 13.6. The number of hydrogen-bond acceptors (Lipinski definition) is 9. The number of amides is 3. The zero-order valence-corrected chi connectivity index (χ0v) is 41.3. The first-order valence-electron chi connectivity index (χ1n) is 23.1. The van der Waals surface area contributed by atoms with Crippen LogP contribution in [0.15, 0.2) is 76.4 Å². The highest BCUT2D eigenvalue weighted by Gasteiger charge is 2.35. The molecule has 4 saturated heterocycles. The third-order valence-electron chi connectivity index (χ3n) is 13.3. The predicted octanol–water partition coefficient (Wildman–Crippen LogP) is 9.41. The number of nitrogens with one attached hydrogen (secondary N) is 3. The molecule has 4 aliphatic heterocycles. The molecule has 8 heterocycles. The van der Waals surface area contributed by atoms with Crippen molar-refractivity contribution in [2.75, 3.05) is 52.4 Å². The number of thiophene rings is 2. The summed E-state index contributed by atoms with van der Waals surface area (Å²) in [5.41, 5.74) is 5.44. The number of halogens is 2. The minimum Gasteiger partial charge on any atom is -0.361 e. The van der Waals surface area contributed by atoms with Crippen molar-refractivity contribution in [2.45, 2.75) is 90.6 Å². The van der Waals surface area contributed by atoms with Crippen molar-refractivity contribution >= 4 is 91.2 Å². The lowest BCUT2D eigenvalue weighted by Gasteiger charge is -2.44. The van der Waals surface area contributed by atoms with Crippen LogP contribution in [0.4, 0.5) is 0 Å². The van der Waals surface area contributed by atoms with Crippen LogP contribution in [0.1, 0.15) is 95.6 Å². The van der Waals surface area contributed by atoms with Gasteiger partial charge in [0, 0.05) is 111 Å². The Labute approximate surface area is 405 Å². The van der Waals surface area contributed by atoms with Gasteiger partial charge in [-0.15, -0.1) is 0 Å². The topological polar surface area (TPSA) is 128 Å². The van der Waals surface area contributed by atoms with Gasteiger partial charge < -0.3 is 30.0 Å². The second-order valence-electron chi connectivity index (χ2n) is 18.2. The molecule has 0 saturated carbocycles. The van der Waals surface area contributed by atoms with Crippen LogP contribution >= 0.6 is 45.9 Å². The number of Topliss-reactive ketones (excluding diaryl/α,β-unsaturated/α-hetero) is 1. The molecule has 0 spiro atoms. The Balaban J connectivity index is 0.000000167. The SMILES string of the molecule is C1CCNC1.C[C@@H]1CN(Cc2ccsc2)[C@@H](C)CN1C(=O)c1cc2c(C(=O)C(=O)N3CCCC3)c[nH]c2cc1Cl.C[C@@H]1CN(Cc2ccsc2)[C@@H](C)CN1C(=O)c1cc2cc[nH]c2cc1Cl. The first-order chi connectivity index (χ1) is 31.9. The number of nitrogens with zero attached hydrogens (tertiary/aromatic N) is 5. The number of aromatic amines is 2. The number of likely N-dealkylation sites (tertiary alicyclic amines) is 1. The van der Waals surface area contributed by atoms with Gasteiger partial charge in [0.05, 0.1) is 26.7 Å². The van der Waals surface area contributed by atoms with Crippen molar-refractivity contribution in [1.82, 2.24) is 39.8 Å².